The van der Waals surface area contributed by atoms with Gasteiger partial charge >= 0.3 is 5.97 Å². The molecule has 0 amide bonds. The second-order valence-corrected chi connectivity index (χ2v) is 13.4. The Morgan fingerprint density at radius 2 is 1.18 bits per heavy atom. The largest absolute Gasteiger partial charge is 0.490 e. The van der Waals surface area contributed by atoms with Crippen molar-refractivity contribution in [2.24, 2.45) is 11.8 Å². The van der Waals surface area contributed by atoms with Crippen molar-refractivity contribution < 1.29 is 23.0 Å². The Morgan fingerprint density at radius 3 is 1.78 bits per heavy atom. The van der Waals surface area contributed by atoms with E-state index in [-0.39, 0.29) is 5.75 Å². The summed E-state index contributed by atoms with van der Waals surface area (Å²) < 4.78 is 40.2. The van der Waals surface area contributed by atoms with Crippen LogP contribution in [0.15, 0.2) is 36.4 Å². The molecule has 2 aromatic rings. The summed E-state index contributed by atoms with van der Waals surface area (Å²) in [5, 5.41) is 0. The minimum Gasteiger partial charge on any atom is -0.490 e. The van der Waals surface area contributed by atoms with Gasteiger partial charge in [0, 0.05) is 0 Å². The number of ether oxygens (including phenoxy) is 2. The molecule has 0 unspecified atom stereocenters. The number of aryl methyl sites for hydroxylation is 1. The van der Waals surface area contributed by atoms with E-state index in [9.17, 15) is 13.6 Å². The Hall–Kier alpha value is -2.43. The fourth-order valence-electron chi connectivity index (χ4n) is 6.71. The highest BCUT2D eigenvalue weighted by Gasteiger charge is 2.22. The zero-order valence-corrected chi connectivity index (χ0v) is 28.4. The predicted octanol–water partition coefficient (Wildman–Crippen LogP) is 12.6. The average molecular weight is 627 g/mol. The lowest BCUT2D eigenvalue weighted by Crippen LogP contribution is -2.14. The van der Waals surface area contributed by atoms with Crippen molar-refractivity contribution >= 4 is 5.97 Å². The zero-order chi connectivity index (χ0) is 32.1. The Labute approximate surface area is 272 Å². The fourth-order valence-corrected chi connectivity index (χ4v) is 6.71. The molecule has 1 aliphatic carbocycles. The van der Waals surface area contributed by atoms with Crippen LogP contribution in [-0.4, -0.2) is 12.6 Å². The molecular formula is C40H60F2O3. The van der Waals surface area contributed by atoms with Gasteiger partial charge in [-0.05, 0) is 60.9 Å². The van der Waals surface area contributed by atoms with Crippen LogP contribution in [0.25, 0.3) is 0 Å². The summed E-state index contributed by atoms with van der Waals surface area (Å²) in [4.78, 5) is 12.6. The zero-order valence-electron chi connectivity index (χ0n) is 28.4. The normalized spacial score (nSPS) is 16.5. The smallest absolute Gasteiger partial charge is 0.346 e. The van der Waals surface area contributed by atoms with Crippen molar-refractivity contribution in [3.05, 3.63) is 59.2 Å². The summed E-state index contributed by atoms with van der Waals surface area (Å²) in [6, 6.07) is 9.91. The number of esters is 1. The van der Waals surface area contributed by atoms with E-state index in [2.05, 4.69) is 13.8 Å². The minimum atomic E-state index is -1.23. The Morgan fingerprint density at radius 1 is 0.644 bits per heavy atom. The van der Waals surface area contributed by atoms with E-state index in [1.165, 1.54) is 127 Å². The molecule has 0 aliphatic heterocycles. The summed E-state index contributed by atoms with van der Waals surface area (Å²) >= 11 is 0. The number of hydrogen-bond acceptors (Lipinski definition) is 3. The number of benzene rings is 2. The first-order chi connectivity index (χ1) is 22.0. The molecule has 0 aromatic heterocycles. The Balaban J connectivity index is 1.30. The molecule has 0 saturated heterocycles. The maximum absolute atomic E-state index is 14.7. The van der Waals surface area contributed by atoms with Gasteiger partial charge in [0.25, 0.3) is 0 Å². The van der Waals surface area contributed by atoms with Crippen LogP contribution in [0.3, 0.4) is 0 Å². The average Bonchev–Trinajstić information content (AvgIpc) is 3.05. The van der Waals surface area contributed by atoms with Gasteiger partial charge in [-0.3, -0.25) is 0 Å². The monoisotopic (exact) mass is 626 g/mol. The lowest BCUT2D eigenvalue weighted by atomic mass is 9.78. The van der Waals surface area contributed by atoms with Crippen LogP contribution in [-0.2, 0) is 6.42 Å². The third kappa shape index (κ3) is 14.3. The molecule has 1 fully saturated rings. The molecule has 1 saturated carbocycles. The van der Waals surface area contributed by atoms with Crippen LogP contribution in [0.2, 0.25) is 0 Å². The van der Waals surface area contributed by atoms with E-state index in [0.29, 0.717) is 12.4 Å². The highest BCUT2D eigenvalue weighted by Crippen LogP contribution is 2.34. The standard InChI is InChI=1S/C40H60F2O3/c1-3-5-7-8-9-10-11-12-13-17-31-44-37-30-29-36(38(41)39(37)42)40(43)45-35-27-25-34(26-28-35)20-16-15-19-33-23-21-32(22-24-33)18-14-6-4-2/h25-30,32-33H,3-24,31H2,1-2H3. The molecule has 0 radical (unpaired) electrons. The van der Waals surface area contributed by atoms with Gasteiger partial charge in [-0.15, -0.1) is 0 Å². The second kappa shape index (κ2) is 22.2. The van der Waals surface area contributed by atoms with Crippen molar-refractivity contribution in [2.45, 2.75) is 155 Å². The van der Waals surface area contributed by atoms with Gasteiger partial charge in [0.2, 0.25) is 5.82 Å². The first kappa shape index (κ1) is 37.0. The molecule has 45 heavy (non-hydrogen) atoms. The van der Waals surface area contributed by atoms with Crippen LogP contribution in [0, 0.1) is 23.5 Å². The highest BCUT2D eigenvalue weighted by molar-refractivity contribution is 5.91. The topological polar surface area (TPSA) is 35.5 Å². The van der Waals surface area contributed by atoms with E-state index in [1.807, 2.05) is 12.1 Å². The molecular weight excluding hydrogens is 566 g/mol. The molecule has 0 atom stereocenters. The number of rotatable bonds is 23. The molecule has 1 aliphatic rings. The molecule has 0 spiro atoms. The fraction of sp³-hybridized carbons (Fsp3) is 0.675. The highest BCUT2D eigenvalue weighted by atomic mass is 19.2. The van der Waals surface area contributed by atoms with E-state index in [4.69, 9.17) is 9.47 Å². The first-order valence-corrected chi connectivity index (χ1v) is 18.4. The second-order valence-electron chi connectivity index (χ2n) is 13.4. The van der Waals surface area contributed by atoms with Crippen LogP contribution in [0.5, 0.6) is 11.5 Å². The number of halogens is 2. The number of carbonyl (C=O) groups excluding carboxylic acids is 1. The third-order valence-corrected chi connectivity index (χ3v) is 9.67. The molecule has 5 heteroatoms. The van der Waals surface area contributed by atoms with Gasteiger partial charge in [-0.25, -0.2) is 9.18 Å². The van der Waals surface area contributed by atoms with Crippen LogP contribution < -0.4 is 9.47 Å². The van der Waals surface area contributed by atoms with Gasteiger partial charge in [-0.2, -0.15) is 4.39 Å². The summed E-state index contributed by atoms with van der Waals surface area (Å²) in [6.45, 7) is 4.83. The molecule has 2 aromatic carbocycles. The maximum atomic E-state index is 14.7. The minimum absolute atomic E-state index is 0.167. The molecule has 252 valence electrons. The molecule has 0 bridgehead atoms. The first-order valence-electron chi connectivity index (χ1n) is 18.4. The lowest BCUT2D eigenvalue weighted by molar-refractivity contribution is 0.0728. The SMILES string of the molecule is CCCCCCCCCCCCOc1ccc(C(=O)Oc2ccc(CCCCC3CCC(CCCCC)CC3)cc2)c(F)c1F. The maximum Gasteiger partial charge on any atom is 0.346 e. The van der Waals surface area contributed by atoms with Crippen molar-refractivity contribution in [1.29, 1.82) is 0 Å². The van der Waals surface area contributed by atoms with Gasteiger partial charge < -0.3 is 9.47 Å². The van der Waals surface area contributed by atoms with Crippen LogP contribution in [0.1, 0.15) is 165 Å². The predicted molar refractivity (Wildman–Crippen MR) is 182 cm³/mol. The van der Waals surface area contributed by atoms with Crippen LogP contribution in [0.4, 0.5) is 8.78 Å². The van der Waals surface area contributed by atoms with Crippen molar-refractivity contribution in [1.82, 2.24) is 0 Å². The van der Waals surface area contributed by atoms with Crippen molar-refractivity contribution in [3.63, 3.8) is 0 Å². The quantitative estimate of drug-likeness (QED) is 0.0699. The Bertz CT molecular complexity index is 1080. The lowest BCUT2D eigenvalue weighted by Gasteiger charge is -2.28. The molecule has 0 heterocycles. The summed E-state index contributed by atoms with van der Waals surface area (Å²) in [5.74, 6) is -1.28. The van der Waals surface area contributed by atoms with Crippen LogP contribution >= 0.6 is 0 Å². The van der Waals surface area contributed by atoms with E-state index in [0.717, 1.165) is 43.9 Å². The summed E-state index contributed by atoms with van der Waals surface area (Å²) in [6.07, 6.45) is 27.8. The van der Waals surface area contributed by atoms with Gasteiger partial charge in [-0.1, -0.05) is 148 Å². The van der Waals surface area contributed by atoms with E-state index < -0.39 is 23.2 Å². The van der Waals surface area contributed by atoms with Crippen molar-refractivity contribution in [2.75, 3.05) is 6.61 Å². The number of hydrogen-bond donors (Lipinski definition) is 0. The molecule has 3 nitrogen and oxygen atoms in total. The van der Waals surface area contributed by atoms with Gasteiger partial charge in [0.1, 0.15) is 5.75 Å². The van der Waals surface area contributed by atoms with Gasteiger partial charge in [0.15, 0.2) is 11.6 Å². The number of unbranched alkanes of at least 4 members (excludes halogenated alkanes) is 12. The van der Waals surface area contributed by atoms with Gasteiger partial charge in [0.05, 0.1) is 12.2 Å². The van der Waals surface area contributed by atoms with Crippen molar-refractivity contribution in [3.8, 4) is 11.5 Å². The molecule has 3 rings (SSSR count). The number of carbonyl (C=O) groups is 1. The summed E-state index contributed by atoms with van der Waals surface area (Å²) in [5.41, 5.74) is 0.758. The molecule has 0 N–H and O–H groups in total. The van der Waals surface area contributed by atoms with E-state index in [1.54, 1.807) is 12.1 Å². The Kier molecular flexibility index (Phi) is 18.2. The third-order valence-electron chi connectivity index (χ3n) is 9.67. The summed E-state index contributed by atoms with van der Waals surface area (Å²) in [7, 11) is 0. The van der Waals surface area contributed by atoms with E-state index >= 15 is 0 Å².